The van der Waals surface area contributed by atoms with E-state index < -0.39 is 12.1 Å². The smallest absolute Gasteiger partial charge is 0.410 e. The van der Waals surface area contributed by atoms with Crippen molar-refractivity contribution in [1.82, 2.24) is 14.8 Å². The molecule has 3 aromatic rings. The number of amides is 4. The Morgan fingerprint density at radius 3 is 2.43 bits per heavy atom. The molecule has 1 atom stereocenters. The molecule has 0 radical (unpaired) electrons. The van der Waals surface area contributed by atoms with Crippen LogP contribution in [0.4, 0.5) is 9.93 Å². The van der Waals surface area contributed by atoms with Crippen LogP contribution in [-0.4, -0.2) is 51.2 Å². The molecule has 0 bridgehead atoms. The number of imide groups is 1. The average Bonchev–Trinajstić information content (AvgIpc) is 3.60. The fraction of sp³-hybridized carbons (Fsp3) is 0.240. The van der Waals surface area contributed by atoms with Crippen LogP contribution in [0.15, 0.2) is 60.0 Å². The molecule has 178 valence electrons. The molecule has 0 aliphatic carbocycles. The van der Waals surface area contributed by atoms with E-state index >= 15 is 0 Å². The summed E-state index contributed by atoms with van der Waals surface area (Å²) < 4.78 is 5.39. The van der Waals surface area contributed by atoms with Crippen molar-refractivity contribution in [3.8, 4) is 0 Å². The van der Waals surface area contributed by atoms with Crippen molar-refractivity contribution in [2.24, 2.45) is 0 Å². The Balaban J connectivity index is 1.18. The van der Waals surface area contributed by atoms with Gasteiger partial charge >= 0.3 is 6.09 Å². The Labute approximate surface area is 205 Å². The van der Waals surface area contributed by atoms with Gasteiger partial charge in [0, 0.05) is 11.9 Å². The number of fused-ring (bicyclic) bond motifs is 1. The third-order valence-corrected chi connectivity index (χ3v) is 6.78. The number of nitrogens with zero attached hydrogens (tertiary/aromatic N) is 3. The molecule has 1 N–H and O–H groups in total. The van der Waals surface area contributed by atoms with Crippen LogP contribution in [-0.2, 0) is 22.7 Å². The van der Waals surface area contributed by atoms with Gasteiger partial charge in [-0.3, -0.25) is 24.2 Å². The van der Waals surface area contributed by atoms with E-state index in [4.69, 9.17) is 4.74 Å². The number of carbonyl (C=O) groups is 4. The molecule has 3 heterocycles. The highest BCUT2D eigenvalue weighted by Crippen LogP contribution is 2.26. The van der Waals surface area contributed by atoms with Crippen LogP contribution in [0, 0.1) is 0 Å². The molecule has 10 heteroatoms. The molecule has 35 heavy (non-hydrogen) atoms. The van der Waals surface area contributed by atoms with E-state index in [0.29, 0.717) is 41.3 Å². The van der Waals surface area contributed by atoms with Crippen molar-refractivity contribution < 1.29 is 23.9 Å². The Kier molecular flexibility index (Phi) is 6.28. The quantitative estimate of drug-likeness (QED) is 0.528. The standard InChI is InChI=1S/C25H22N4O5S/c30-21(20-11-6-12-28(20)25(33)34-14-16-7-2-1-3-8-16)27-24-26-17(15-35-24)13-29-22(31)18-9-4-5-10-19(18)23(29)32/h1-5,7-10,15,20H,6,11-14H2,(H,26,27,30)/t20-/m1/s1. The molecule has 1 fully saturated rings. The Hall–Kier alpha value is -4.05. The zero-order valence-corrected chi connectivity index (χ0v) is 19.5. The van der Waals surface area contributed by atoms with Crippen molar-refractivity contribution in [2.75, 3.05) is 11.9 Å². The summed E-state index contributed by atoms with van der Waals surface area (Å²) in [6.45, 7) is 0.590. The number of carbonyl (C=O) groups excluding carboxylic acids is 4. The van der Waals surface area contributed by atoms with E-state index in [1.807, 2.05) is 30.3 Å². The van der Waals surface area contributed by atoms with Crippen molar-refractivity contribution in [3.63, 3.8) is 0 Å². The molecule has 2 aliphatic heterocycles. The SMILES string of the molecule is O=C(Nc1nc(CN2C(=O)c3ccccc3C2=O)cs1)[C@H]1CCCN1C(=O)OCc1ccccc1. The van der Waals surface area contributed by atoms with Gasteiger partial charge in [-0.05, 0) is 30.5 Å². The lowest BCUT2D eigenvalue weighted by atomic mass is 10.1. The summed E-state index contributed by atoms with van der Waals surface area (Å²) in [5.41, 5.74) is 2.11. The highest BCUT2D eigenvalue weighted by molar-refractivity contribution is 7.13. The van der Waals surface area contributed by atoms with E-state index in [0.717, 1.165) is 10.5 Å². The Morgan fingerprint density at radius 1 is 1.03 bits per heavy atom. The molecule has 1 saturated heterocycles. The number of likely N-dealkylation sites (tertiary alicyclic amines) is 1. The van der Waals surface area contributed by atoms with Gasteiger partial charge in [0.2, 0.25) is 5.91 Å². The normalized spacial score (nSPS) is 17.0. The van der Waals surface area contributed by atoms with Crippen LogP contribution in [0.3, 0.4) is 0 Å². The number of hydrogen-bond acceptors (Lipinski definition) is 7. The topological polar surface area (TPSA) is 109 Å². The van der Waals surface area contributed by atoms with Crippen LogP contribution in [0.2, 0.25) is 0 Å². The molecule has 0 saturated carbocycles. The molecule has 2 aliphatic rings. The monoisotopic (exact) mass is 490 g/mol. The van der Waals surface area contributed by atoms with Crippen molar-refractivity contribution >= 4 is 40.3 Å². The molecule has 0 spiro atoms. The summed E-state index contributed by atoms with van der Waals surface area (Å²) >= 11 is 1.20. The van der Waals surface area contributed by atoms with Gasteiger partial charge in [0.25, 0.3) is 11.8 Å². The number of anilines is 1. The molecular formula is C25H22N4O5S. The number of rotatable bonds is 6. The minimum Gasteiger partial charge on any atom is -0.445 e. The maximum Gasteiger partial charge on any atom is 0.410 e. The zero-order chi connectivity index (χ0) is 24.4. The predicted molar refractivity (Wildman–Crippen MR) is 128 cm³/mol. The first kappa shape index (κ1) is 22.7. The van der Waals surface area contributed by atoms with Gasteiger partial charge < -0.3 is 10.1 Å². The predicted octanol–water partition coefficient (Wildman–Crippen LogP) is 3.68. The maximum atomic E-state index is 12.9. The maximum absolute atomic E-state index is 12.9. The Bertz CT molecular complexity index is 1260. The van der Waals surface area contributed by atoms with E-state index in [1.54, 1.807) is 29.6 Å². The minimum absolute atomic E-state index is 0.0140. The van der Waals surface area contributed by atoms with E-state index in [9.17, 15) is 19.2 Å². The zero-order valence-electron chi connectivity index (χ0n) is 18.7. The number of nitrogens with one attached hydrogen (secondary N) is 1. The lowest BCUT2D eigenvalue weighted by molar-refractivity contribution is -0.120. The molecule has 9 nitrogen and oxygen atoms in total. The number of ether oxygens (including phenoxy) is 1. The third-order valence-electron chi connectivity index (χ3n) is 5.98. The van der Waals surface area contributed by atoms with Gasteiger partial charge in [-0.2, -0.15) is 0 Å². The minimum atomic E-state index is -0.651. The van der Waals surface area contributed by atoms with Gasteiger partial charge in [0.05, 0.1) is 23.4 Å². The lowest BCUT2D eigenvalue weighted by Crippen LogP contribution is -2.43. The van der Waals surface area contributed by atoms with Crippen LogP contribution >= 0.6 is 11.3 Å². The molecular weight excluding hydrogens is 468 g/mol. The van der Waals surface area contributed by atoms with Crippen molar-refractivity contribution in [1.29, 1.82) is 0 Å². The first-order chi connectivity index (χ1) is 17.0. The second kappa shape index (κ2) is 9.67. The molecule has 4 amide bonds. The molecule has 2 aromatic carbocycles. The molecule has 1 aromatic heterocycles. The summed E-state index contributed by atoms with van der Waals surface area (Å²) in [5, 5.41) is 4.79. The van der Waals surface area contributed by atoms with Gasteiger partial charge in [-0.25, -0.2) is 9.78 Å². The number of hydrogen-bond donors (Lipinski definition) is 1. The van der Waals surface area contributed by atoms with Crippen LogP contribution in [0.1, 0.15) is 44.8 Å². The largest absolute Gasteiger partial charge is 0.445 e. The summed E-state index contributed by atoms with van der Waals surface area (Å²) in [7, 11) is 0. The number of aromatic nitrogens is 1. The summed E-state index contributed by atoms with van der Waals surface area (Å²) in [6, 6.07) is 15.4. The number of thiazole rings is 1. The van der Waals surface area contributed by atoms with E-state index in [-0.39, 0.29) is 30.9 Å². The highest BCUT2D eigenvalue weighted by Gasteiger charge is 2.37. The average molecular weight is 491 g/mol. The van der Waals surface area contributed by atoms with Crippen LogP contribution in [0.5, 0.6) is 0 Å². The van der Waals surface area contributed by atoms with Gasteiger partial charge in [-0.15, -0.1) is 11.3 Å². The van der Waals surface area contributed by atoms with E-state index in [1.165, 1.54) is 16.2 Å². The molecule has 5 rings (SSSR count). The lowest BCUT2D eigenvalue weighted by Gasteiger charge is -2.22. The van der Waals surface area contributed by atoms with Gasteiger partial charge in [0.15, 0.2) is 5.13 Å². The Morgan fingerprint density at radius 2 is 1.71 bits per heavy atom. The fourth-order valence-corrected chi connectivity index (χ4v) is 4.93. The fourth-order valence-electron chi connectivity index (χ4n) is 4.23. The first-order valence-electron chi connectivity index (χ1n) is 11.2. The second-order valence-electron chi connectivity index (χ2n) is 8.27. The van der Waals surface area contributed by atoms with E-state index in [2.05, 4.69) is 10.3 Å². The highest BCUT2D eigenvalue weighted by atomic mass is 32.1. The van der Waals surface area contributed by atoms with Crippen molar-refractivity contribution in [3.05, 3.63) is 82.4 Å². The number of benzene rings is 2. The second-order valence-corrected chi connectivity index (χ2v) is 9.12. The van der Waals surface area contributed by atoms with Gasteiger partial charge in [-0.1, -0.05) is 42.5 Å². The summed E-state index contributed by atoms with van der Waals surface area (Å²) in [4.78, 5) is 57.6. The van der Waals surface area contributed by atoms with Crippen LogP contribution < -0.4 is 5.32 Å². The summed E-state index contributed by atoms with van der Waals surface area (Å²) in [6.07, 6.45) is 0.693. The first-order valence-corrected chi connectivity index (χ1v) is 12.1. The van der Waals surface area contributed by atoms with Crippen LogP contribution in [0.25, 0.3) is 0 Å². The molecule has 0 unspecified atom stereocenters. The summed E-state index contributed by atoms with van der Waals surface area (Å²) in [5.74, 6) is -1.07. The van der Waals surface area contributed by atoms with Crippen molar-refractivity contribution in [2.45, 2.75) is 32.0 Å². The van der Waals surface area contributed by atoms with Gasteiger partial charge in [0.1, 0.15) is 12.6 Å². The third kappa shape index (κ3) is 4.65.